The highest BCUT2D eigenvalue weighted by atomic mass is 15.3. The highest BCUT2D eigenvalue weighted by Gasteiger charge is 2.29. The molecule has 0 unspecified atom stereocenters. The van der Waals surface area contributed by atoms with E-state index >= 15 is 0 Å². The molecule has 0 heterocycles. The van der Waals surface area contributed by atoms with Crippen LogP contribution in [0.3, 0.4) is 0 Å². The maximum absolute atomic E-state index is 4.54. The zero-order chi connectivity index (χ0) is 17.5. The maximum atomic E-state index is 4.54. The van der Waals surface area contributed by atoms with Crippen molar-refractivity contribution in [3.8, 4) is 0 Å². The smallest absolute Gasteiger partial charge is 0.171 e. The van der Waals surface area contributed by atoms with Crippen LogP contribution in [0.5, 0.6) is 0 Å². The molecule has 0 saturated carbocycles. The first-order valence-corrected chi connectivity index (χ1v) is 8.18. The molecule has 0 amide bonds. The van der Waals surface area contributed by atoms with Crippen LogP contribution in [-0.4, -0.2) is 30.7 Å². The van der Waals surface area contributed by atoms with Gasteiger partial charge >= 0.3 is 0 Å². The Labute approximate surface area is 148 Å². The summed E-state index contributed by atoms with van der Waals surface area (Å²) in [5.41, 5.74) is 1.07. The molecule has 2 aromatic rings. The largest absolute Gasteiger partial charge is 0.277 e. The van der Waals surface area contributed by atoms with Crippen molar-refractivity contribution in [1.29, 1.82) is 0 Å². The molecule has 0 bridgehead atoms. The van der Waals surface area contributed by atoms with Gasteiger partial charge in [-0.05, 0) is 50.5 Å². The average molecular weight is 331 g/mol. The van der Waals surface area contributed by atoms with Gasteiger partial charge in [0, 0.05) is 0 Å². The lowest BCUT2D eigenvalue weighted by molar-refractivity contribution is 0.260. The Balaban J connectivity index is 1.74. The minimum Gasteiger partial charge on any atom is -0.277 e. The molecule has 0 fully saturated rings. The Hall–Kier alpha value is -2.92. The minimum atomic E-state index is -0.603. The number of rotatable bonds is 5. The van der Waals surface area contributed by atoms with Crippen molar-refractivity contribution < 1.29 is 0 Å². The second-order valence-electron chi connectivity index (χ2n) is 5.97. The topological polar surface area (TPSA) is 52.7 Å². The summed E-state index contributed by atoms with van der Waals surface area (Å²) in [6.07, 6.45) is 8.01. The van der Waals surface area contributed by atoms with Crippen molar-refractivity contribution in [2.45, 2.75) is 11.7 Å². The second kappa shape index (κ2) is 7.77. The molecule has 3 rings (SSSR count). The van der Waals surface area contributed by atoms with Gasteiger partial charge in [0.1, 0.15) is 6.04 Å². The predicted octanol–water partition coefficient (Wildman–Crippen LogP) is 5.31. The summed E-state index contributed by atoms with van der Waals surface area (Å²) in [6.45, 7) is 0. The van der Waals surface area contributed by atoms with Gasteiger partial charge in [-0.15, -0.1) is 0 Å². The molecule has 0 radical (unpaired) electrons. The van der Waals surface area contributed by atoms with Gasteiger partial charge in [0.15, 0.2) is 5.66 Å². The summed E-state index contributed by atoms with van der Waals surface area (Å²) in [7, 11) is 3.95. The summed E-state index contributed by atoms with van der Waals surface area (Å²) in [5.74, 6) is 0. The molecule has 0 aliphatic heterocycles. The van der Waals surface area contributed by atoms with E-state index < -0.39 is 5.66 Å². The molecule has 0 N–H and O–H groups in total. The van der Waals surface area contributed by atoms with E-state index in [4.69, 9.17) is 0 Å². The summed E-state index contributed by atoms with van der Waals surface area (Å²) >= 11 is 0. The highest BCUT2D eigenvalue weighted by Crippen LogP contribution is 2.26. The third kappa shape index (κ3) is 4.33. The van der Waals surface area contributed by atoms with Crippen LogP contribution >= 0.6 is 0 Å². The zero-order valence-electron chi connectivity index (χ0n) is 14.4. The quantitative estimate of drug-likeness (QED) is 0.541. The van der Waals surface area contributed by atoms with Gasteiger partial charge in [-0.1, -0.05) is 48.6 Å². The number of hydrogen-bond donors (Lipinski definition) is 0. The molecule has 126 valence electrons. The molecular formula is C20H21N5. The molecule has 0 spiro atoms. The van der Waals surface area contributed by atoms with E-state index in [0.717, 1.165) is 11.4 Å². The van der Waals surface area contributed by atoms with Crippen LogP contribution in [0.25, 0.3) is 0 Å². The van der Waals surface area contributed by atoms with Crippen LogP contribution in [-0.2, 0) is 0 Å². The molecule has 1 aliphatic rings. The molecule has 0 atom stereocenters. The van der Waals surface area contributed by atoms with Gasteiger partial charge in [0.2, 0.25) is 0 Å². The molecule has 0 saturated heterocycles. The van der Waals surface area contributed by atoms with Gasteiger partial charge in [-0.3, -0.25) is 4.90 Å². The van der Waals surface area contributed by atoms with Crippen LogP contribution in [0.15, 0.2) is 105 Å². The Bertz CT molecular complexity index is 777. The second-order valence-corrected chi connectivity index (χ2v) is 5.97. The van der Waals surface area contributed by atoms with E-state index in [-0.39, 0.29) is 6.04 Å². The van der Waals surface area contributed by atoms with Crippen LogP contribution in [0.2, 0.25) is 0 Å². The molecular weight excluding hydrogens is 310 g/mol. The van der Waals surface area contributed by atoms with Gasteiger partial charge in [0.25, 0.3) is 0 Å². The van der Waals surface area contributed by atoms with Crippen molar-refractivity contribution in [2.24, 2.45) is 20.5 Å². The fourth-order valence-corrected chi connectivity index (χ4v) is 2.39. The monoisotopic (exact) mass is 331 g/mol. The van der Waals surface area contributed by atoms with E-state index in [1.54, 1.807) is 0 Å². The third-order valence-electron chi connectivity index (χ3n) is 3.94. The molecule has 5 nitrogen and oxygen atoms in total. The van der Waals surface area contributed by atoms with Gasteiger partial charge < -0.3 is 0 Å². The van der Waals surface area contributed by atoms with Gasteiger partial charge in [-0.2, -0.15) is 20.5 Å². The first-order valence-electron chi connectivity index (χ1n) is 8.18. The number of hydrogen-bond acceptors (Lipinski definition) is 5. The number of benzene rings is 2. The van der Waals surface area contributed by atoms with E-state index in [2.05, 4.69) is 20.5 Å². The fourth-order valence-electron chi connectivity index (χ4n) is 2.39. The van der Waals surface area contributed by atoms with Gasteiger partial charge in [0.05, 0.1) is 11.4 Å². The summed E-state index contributed by atoms with van der Waals surface area (Å²) in [6, 6.07) is 19.3. The van der Waals surface area contributed by atoms with Crippen molar-refractivity contribution in [1.82, 2.24) is 4.90 Å². The van der Waals surface area contributed by atoms with E-state index in [1.807, 2.05) is 104 Å². The van der Waals surface area contributed by atoms with Gasteiger partial charge in [-0.25, -0.2) is 0 Å². The van der Waals surface area contributed by atoms with Crippen LogP contribution in [0.1, 0.15) is 0 Å². The standard InChI is InChI=1S/C20H21N5/c1-25(2)20(24-23-18-11-7-4-8-12-18)15-13-19(14-16-20)22-21-17-9-5-3-6-10-17/h3-16,19H,1-2H3/b22-21+,24-23+. The predicted molar refractivity (Wildman–Crippen MR) is 100 cm³/mol. The van der Waals surface area contributed by atoms with E-state index in [0.29, 0.717) is 0 Å². The van der Waals surface area contributed by atoms with Crippen LogP contribution in [0, 0.1) is 0 Å². The Kier molecular flexibility index (Phi) is 5.26. The van der Waals surface area contributed by atoms with Crippen molar-refractivity contribution in [3.63, 3.8) is 0 Å². The van der Waals surface area contributed by atoms with Crippen LogP contribution in [0.4, 0.5) is 11.4 Å². The lowest BCUT2D eigenvalue weighted by Crippen LogP contribution is -2.40. The Morgan fingerprint density at radius 2 is 1.28 bits per heavy atom. The normalized spacial score (nSPS) is 23.1. The maximum Gasteiger partial charge on any atom is 0.171 e. The molecule has 25 heavy (non-hydrogen) atoms. The highest BCUT2D eigenvalue weighted by molar-refractivity contribution is 5.36. The van der Waals surface area contributed by atoms with E-state index in [1.165, 1.54) is 0 Å². The first-order chi connectivity index (χ1) is 12.2. The Morgan fingerprint density at radius 3 is 1.80 bits per heavy atom. The SMILES string of the molecule is CN(C)C1(/N=N/c2ccccc2)C=CC(/N=N/c2ccccc2)C=C1. The van der Waals surface area contributed by atoms with Crippen molar-refractivity contribution in [2.75, 3.05) is 14.1 Å². The summed E-state index contributed by atoms with van der Waals surface area (Å²) in [4.78, 5) is 2.01. The van der Waals surface area contributed by atoms with Crippen molar-refractivity contribution >= 4 is 11.4 Å². The third-order valence-corrected chi connectivity index (χ3v) is 3.94. The fraction of sp³-hybridized carbons (Fsp3) is 0.200. The van der Waals surface area contributed by atoms with E-state index in [9.17, 15) is 0 Å². The lowest BCUT2D eigenvalue weighted by atomic mass is 10.0. The molecule has 1 aliphatic carbocycles. The lowest BCUT2D eigenvalue weighted by Gasteiger charge is -2.31. The first kappa shape index (κ1) is 16.9. The number of azo groups is 2. The summed E-state index contributed by atoms with van der Waals surface area (Å²) in [5, 5.41) is 17.5. The molecule has 0 aromatic heterocycles. The van der Waals surface area contributed by atoms with Crippen LogP contribution < -0.4 is 0 Å². The number of likely N-dealkylation sites (N-methyl/N-ethyl adjacent to an activating group) is 1. The Morgan fingerprint density at radius 1 is 0.760 bits per heavy atom. The minimum absolute atomic E-state index is 0.0970. The zero-order valence-corrected chi connectivity index (χ0v) is 14.4. The summed E-state index contributed by atoms with van der Waals surface area (Å²) < 4.78 is 0. The molecule has 5 heteroatoms. The van der Waals surface area contributed by atoms with Crippen molar-refractivity contribution in [3.05, 3.63) is 85.0 Å². The molecule has 2 aromatic carbocycles. The average Bonchev–Trinajstić information content (AvgIpc) is 2.67. The number of nitrogens with zero attached hydrogens (tertiary/aromatic N) is 5.